The molecule has 0 aliphatic carbocycles. The molecule has 2 aromatic heterocycles. The first-order chi connectivity index (χ1) is 10.7. The Morgan fingerprint density at radius 1 is 1.27 bits per heavy atom. The summed E-state index contributed by atoms with van der Waals surface area (Å²) in [5, 5.41) is 15.7. The SMILES string of the molecule is CCn1nnc(NCc2ccc(-c3ccc(C)c(Cl)c3)o2)n1. The number of rotatable bonds is 5. The van der Waals surface area contributed by atoms with E-state index >= 15 is 0 Å². The van der Waals surface area contributed by atoms with Crippen molar-refractivity contribution in [2.75, 3.05) is 5.32 Å². The zero-order valence-corrected chi connectivity index (χ0v) is 13.1. The van der Waals surface area contributed by atoms with E-state index in [0.29, 0.717) is 19.0 Å². The number of nitrogens with one attached hydrogen (secondary N) is 1. The molecule has 0 fully saturated rings. The Balaban J connectivity index is 1.69. The third-order valence-corrected chi connectivity index (χ3v) is 3.68. The van der Waals surface area contributed by atoms with Crippen LogP contribution in [0.4, 0.5) is 5.95 Å². The van der Waals surface area contributed by atoms with Gasteiger partial charge in [0.2, 0.25) is 0 Å². The number of tetrazole rings is 1. The molecular formula is C15H16ClN5O. The fourth-order valence-electron chi connectivity index (χ4n) is 1.99. The van der Waals surface area contributed by atoms with Gasteiger partial charge in [-0.3, -0.25) is 0 Å². The van der Waals surface area contributed by atoms with E-state index in [1.165, 1.54) is 4.80 Å². The maximum atomic E-state index is 6.15. The largest absolute Gasteiger partial charge is 0.459 e. The van der Waals surface area contributed by atoms with Crippen LogP contribution in [0.25, 0.3) is 11.3 Å². The van der Waals surface area contributed by atoms with Crippen molar-refractivity contribution in [3.05, 3.63) is 46.7 Å². The van der Waals surface area contributed by atoms with E-state index in [9.17, 15) is 0 Å². The molecule has 7 heteroatoms. The van der Waals surface area contributed by atoms with Crippen LogP contribution in [0, 0.1) is 6.92 Å². The summed E-state index contributed by atoms with van der Waals surface area (Å²) in [5.74, 6) is 2.06. The highest BCUT2D eigenvalue weighted by molar-refractivity contribution is 6.31. The highest BCUT2D eigenvalue weighted by atomic mass is 35.5. The molecule has 0 spiro atoms. The first-order valence-electron chi connectivity index (χ1n) is 7.02. The molecule has 1 N–H and O–H groups in total. The number of nitrogens with zero attached hydrogens (tertiary/aromatic N) is 4. The molecule has 0 aliphatic rings. The lowest BCUT2D eigenvalue weighted by molar-refractivity contribution is 0.530. The fraction of sp³-hybridized carbons (Fsp3) is 0.267. The van der Waals surface area contributed by atoms with Gasteiger partial charge in [-0.1, -0.05) is 28.8 Å². The molecule has 0 saturated carbocycles. The zero-order chi connectivity index (χ0) is 15.5. The molecule has 0 aliphatic heterocycles. The maximum absolute atomic E-state index is 6.15. The average Bonchev–Trinajstić information content (AvgIpc) is 3.16. The van der Waals surface area contributed by atoms with Crippen molar-refractivity contribution in [1.82, 2.24) is 20.2 Å². The molecule has 0 bridgehead atoms. The summed E-state index contributed by atoms with van der Waals surface area (Å²) in [7, 11) is 0. The van der Waals surface area contributed by atoms with E-state index in [1.807, 2.05) is 44.2 Å². The second-order valence-corrected chi connectivity index (χ2v) is 5.29. The lowest BCUT2D eigenvalue weighted by Crippen LogP contribution is -2.02. The quantitative estimate of drug-likeness (QED) is 0.779. The van der Waals surface area contributed by atoms with Crippen molar-refractivity contribution in [1.29, 1.82) is 0 Å². The van der Waals surface area contributed by atoms with Crippen molar-refractivity contribution in [3.8, 4) is 11.3 Å². The molecule has 0 atom stereocenters. The van der Waals surface area contributed by atoms with Gasteiger partial charge in [0.05, 0.1) is 13.1 Å². The zero-order valence-electron chi connectivity index (χ0n) is 12.4. The minimum absolute atomic E-state index is 0.484. The van der Waals surface area contributed by atoms with Gasteiger partial charge in [-0.2, -0.15) is 4.80 Å². The Morgan fingerprint density at radius 2 is 2.14 bits per heavy atom. The molecular weight excluding hydrogens is 302 g/mol. The van der Waals surface area contributed by atoms with E-state index in [4.69, 9.17) is 16.0 Å². The number of aryl methyl sites for hydroxylation is 2. The van der Waals surface area contributed by atoms with Gasteiger partial charge in [0.1, 0.15) is 11.5 Å². The van der Waals surface area contributed by atoms with Gasteiger partial charge < -0.3 is 9.73 Å². The smallest absolute Gasteiger partial charge is 0.263 e. The lowest BCUT2D eigenvalue weighted by atomic mass is 10.1. The molecule has 0 unspecified atom stereocenters. The van der Waals surface area contributed by atoms with Crippen LogP contribution >= 0.6 is 11.6 Å². The summed E-state index contributed by atoms with van der Waals surface area (Å²) < 4.78 is 5.82. The topological polar surface area (TPSA) is 68.8 Å². The molecule has 0 radical (unpaired) electrons. The summed E-state index contributed by atoms with van der Waals surface area (Å²) in [6, 6.07) is 9.72. The molecule has 114 valence electrons. The number of benzene rings is 1. The predicted molar refractivity (Wildman–Crippen MR) is 84.7 cm³/mol. The Labute approximate surface area is 133 Å². The molecule has 3 aromatic rings. The number of furan rings is 1. The molecule has 0 saturated heterocycles. The Kier molecular flexibility index (Phi) is 4.11. The van der Waals surface area contributed by atoms with Crippen LogP contribution in [0.1, 0.15) is 18.2 Å². The summed E-state index contributed by atoms with van der Waals surface area (Å²) in [4.78, 5) is 1.52. The Morgan fingerprint density at radius 3 is 2.86 bits per heavy atom. The number of hydrogen-bond donors (Lipinski definition) is 1. The van der Waals surface area contributed by atoms with Crippen molar-refractivity contribution in [3.63, 3.8) is 0 Å². The van der Waals surface area contributed by atoms with Gasteiger partial charge >= 0.3 is 0 Å². The number of aromatic nitrogens is 4. The normalized spacial score (nSPS) is 10.9. The summed E-state index contributed by atoms with van der Waals surface area (Å²) >= 11 is 6.15. The van der Waals surface area contributed by atoms with Crippen LogP contribution in [0.3, 0.4) is 0 Å². The van der Waals surface area contributed by atoms with Gasteiger partial charge in [-0.25, -0.2) is 0 Å². The summed E-state index contributed by atoms with van der Waals surface area (Å²) in [5.41, 5.74) is 2.00. The second-order valence-electron chi connectivity index (χ2n) is 4.89. The first kappa shape index (κ1) is 14.6. The fourth-order valence-corrected chi connectivity index (χ4v) is 2.17. The highest BCUT2D eigenvalue weighted by Crippen LogP contribution is 2.27. The third kappa shape index (κ3) is 3.12. The van der Waals surface area contributed by atoms with Crippen molar-refractivity contribution >= 4 is 17.5 Å². The van der Waals surface area contributed by atoms with Gasteiger partial charge in [0, 0.05) is 10.6 Å². The van der Waals surface area contributed by atoms with Crippen LogP contribution in [0.15, 0.2) is 34.7 Å². The summed E-state index contributed by atoms with van der Waals surface area (Å²) in [6.07, 6.45) is 0. The van der Waals surface area contributed by atoms with Crippen LogP contribution in [0.2, 0.25) is 5.02 Å². The van der Waals surface area contributed by atoms with Crippen molar-refractivity contribution in [2.24, 2.45) is 0 Å². The summed E-state index contributed by atoms with van der Waals surface area (Å²) in [6.45, 7) is 5.11. The first-order valence-corrected chi connectivity index (χ1v) is 7.40. The monoisotopic (exact) mass is 317 g/mol. The van der Waals surface area contributed by atoms with E-state index in [0.717, 1.165) is 27.7 Å². The molecule has 1 aromatic carbocycles. The number of anilines is 1. The minimum Gasteiger partial charge on any atom is -0.459 e. The van der Waals surface area contributed by atoms with E-state index in [1.54, 1.807) is 0 Å². The maximum Gasteiger partial charge on any atom is 0.263 e. The lowest BCUT2D eigenvalue weighted by Gasteiger charge is -2.01. The van der Waals surface area contributed by atoms with Crippen LogP contribution in [-0.2, 0) is 13.1 Å². The molecule has 0 amide bonds. The Hall–Kier alpha value is -2.34. The van der Waals surface area contributed by atoms with Gasteiger partial charge in [-0.15, -0.1) is 5.10 Å². The molecule has 6 nitrogen and oxygen atoms in total. The van der Waals surface area contributed by atoms with Crippen LogP contribution < -0.4 is 5.32 Å². The standard InChI is InChI=1S/C15H16ClN5O/c1-3-21-19-15(18-20-21)17-9-12-6-7-14(22-12)11-5-4-10(2)13(16)8-11/h4-8H,3,9H2,1-2H3,(H,17,19). The molecule has 22 heavy (non-hydrogen) atoms. The van der Waals surface area contributed by atoms with Crippen molar-refractivity contribution < 1.29 is 4.42 Å². The van der Waals surface area contributed by atoms with E-state index < -0.39 is 0 Å². The third-order valence-electron chi connectivity index (χ3n) is 3.27. The van der Waals surface area contributed by atoms with E-state index in [2.05, 4.69) is 20.7 Å². The second kappa shape index (κ2) is 6.19. The highest BCUT2D eigenvalue weighted by Gasteiger charge is 2.08. The van der Waals surface area contributed by atoms with Crippen LogP contribution in [0.5, 0.6) is 0 Å². The van der Waals surface area contributed by atoms with Gasteiger partial charge in [-0.05, 0) is 42.8 Å². The molecule has 3 rings (SSSR count). The van der Waals surface area contributed by atoms with Crippen molar-refractivity contribution in [2.45, 2.75) is 26.9 Å². The predicted octanol–water partition coefficient (Wildman–Crippen LogP) is 3.53. The number of halogens is 1. The Bertz CT molecular complexity index is 780. The minimum atomic E-state index is 0.484. The molecule has 2 heterocycles. The number of hydrogen-bond acceptors (Lipinski definition) is 5. The van der Waals surface area contributed by atoms with Gasteiger partial charge in [0.15, 0.2) is 0 Å². The van der Waals surface area contributed by atoms with Gasteiger partial charge in [0.25, 0.3) is 5.95 Å². The van der Waals surface area contributed by atoms with Crippen LogP contribution in [-0.4, -0.2) is 20.2 Å². The van der Waals surface area contributed by atoms with E-state index in [-0.39, 0.29) is 0 Å². The average molecular weight is 318 g/mol.